The molecule has 0 radical (unpaired) electrons. The maximum atomic E-state index is 12.2. The highest BCUT2D eigenvalue weighted by molar-refractivity contribution is 6.90. The van der Waals surface area contributed by atoms with Gasteiger partial charge >= 0.3 is 14.8 Å². The second-order valence-corrected chi connectivity index (χ2v) is 26.3. The molecule has 148 valence electrons. The molecule has 0 aliphatic carbocycles. The highest BCUT2D eigenvalue weighted by Crippen LogP contribution is 2.31. The zero-order chi connectivity index (χ0) is 20.3. The molecule has 5 nitrogen and oxygen atoms in total. The molecule has 9 heteroatoms. The van der Waals surface area contributed by atoms with E-state index in [1.165, 1.54) is 0 Å². The van der Waals surface area contributed by atoms with Gasteiger partial charge in [0.1, 0.15) is 0 Å². The molecular formula is C16H38O5Si4. The maximum absolute atomic E-state index is 12.2. The van der Waals surface area contributed by atoms with Gasteiger partial charge in [-0.1, -0.05) is 13.5 Å². The van der Waals surface area contributed by atoms with Crippen LogP contribution in [0.25, 0.3) is 0 Å². The number of rotatable bonds is 10. The van der Waals surface area contributed by atoms with Gasteiger partial charge in [0.25, 0.3) is 0 Å². The van der Waals surface area contributed by atoms with Crippen molar-refractivity contribution in [2.45, 2.75) is 84.9 Å². The van der Waals surface area contributed by atoms with Crippen LogP contribution < -0.4 is 0 Å². The fourth-order valence-electron chi connectivity index (χ4n) is 2.18. The van der Waals surface area contributed by atoms with E-state index in [1.54, 1.807) is 6.92 Å². The van der Waals surface area contributed by atoms with Gasteiger partial charge in [0.05, 0.1) is 0 Å². The fourth-order valence-corrected chi connectivity index (χ4v) is 16.4. The van der Waals surface area contributed by atoms with Crippen LogP contribution in [0, 0.1) is 0 Å². The lowest BCUT2D eigenvalue weighted by atomic mass is 10.4. The predicted octanol–water partition coefficient (Wildman–Crippen LogP) is 4.92. The molecule has 0 heterocycles. The average Bonchev–Trinajstić information content (AvgIpc) is 2.28. The summed E-state index contributed by atoms with van der Waals surface area (Å²) in [5.74, 6) is -0.416. The van der Waals surface area contributed by atoms with Crippen molar-refractivity contribution in [3.05, 3.63) is 12.2 Å². The first-order chi connectivity index (χ1) is 10.9. The lowest BCUT2D eigenvalue weighted by molar-refractivity contribution is -0.143. The summed E-state index contributed by atoms with van der Waals surface area (Å²) in [5.41, 5.74) is -0.141. The molecule has 0 saturated heterocycles. The van der Waals surface area contributed by atoms with Crippen molar-refractivity contribution < 1.29 is 21.9 Å². The fraction of sp³-hybridized carbons (Fsp3) is 0.812. The normalized spacial score (nSPS) is 15.0. The maximum Gasteiger partial charge on any atom is 0.512 e. The van der Waals surface area contributed by atoms with E-state index in [1.807, 2.05) is 6.92 Å². The van der Waals surface area contributed by atoms with E-state index in [4.69, 9.17) is 17.1 Å². The first-order valence-corrected chi connectivity index (χ1v) is 20.9. The van der Waals surface area contributed by atoms with Gasteiger partial charge in [-0.05, 0) is 72.3 Å². The Morgan fingerprint density at radius 1 is 0.840 bits per heavy atom. The summed E-state index contributed by atoms with van der Waals surface area (Å²) in [4.78, 5) is 12.2. The van der Waals surface area contributed by atoms with E-state index in [0.29, 0.717) is 12.0 Å². The molecule has 0 fully saturated rings. The van der Waals surface area contributed by atoms with Crippen LogP contribution in [0.2, 0.25) is 58.9 Å². The van der Waals surface area contributed by atoms with Crippen LogP contribution in [-0.2, 0) is 21.9 Å². The van der Waals surface area contributed by atoms with Gasteiger partial charge in [-0.15, -0.1) is 0 Å². The van der Waals surface area contributed by atoms with Crippen molar-refractivity contribution in [3.63, 3.8) is 0 Å². The summed E-state index contributed by atoms with van der Waals surface area (Å²) in [6.07, 6.45) is 0.588. The first-order valence-electron chi connectivity index (χ1n) is 8.88. The average molecular weight is 423 g/mol. The third-order valence-corrected chi connectivity index (χ3v) is 14.8. The molecule has 1 unspecified atom stereocenters. The van der Waals surface area contributed by atoms with E-state index in [0.717, 1.165) is 0 Å². The minimum atomic E-state index is -3.24. The molecular weight excluding hydrogens is 385 g/mol. The van der Waals surface area contributed by atoms with Crippen molar-refractivity contribution in [2.24, 2.45) is 0 Å². The van der Waals surface area contributed by atoms with Gasteiger partial charge < -0.3 is 17.1 Å². The Hall–Kier alpha value is -0.0425. The molecule has 1 atom stereocenters. The van der Waals surface area contributed by atoms with Crippen molar-refractivity contribution >= 4 is 39.7 Å². The number of esters is 1. The predicted molar refractivity (Wildman–Crippen MR) is 114 cm³/mol. The monoisotopic (exact) mass is 422 g/mol. The summed E-state index contributed by atoms with van der Waals surface area (Å²) in [7, 11) is -9.26. The van der Waals surface area contributed by atoms with E-state index in [-0.39, 0.29) is 0 Å². The summed E-state index contributed by atoms with van der Waals surface area (Å²) in [6, 6.07) is 0. The van der Waals surface area contributed by atoms with Gasteiger partial charge in [-0.3, -0.25) is 0 Å². The molecule has 0 aromatic rings. The topological polar surface area (TPSA) is 54.0 Å². The van der Waals surface area contributed by atoms with Crippen molar-refractivity contribution in [1.29, 1.82) is 0 Å². The Balaban J connectivity index is 6.15. The molecule has 0 aliphatic rings. The van der Waals surface area contributed by atoms with Gasteiger partial charge in [0, 0.05) is 5.57 Å². The van der Waals surface area contributed by atoms with Crippen LogP contribution in [0.4, 0.5) is 0 Å². The van der Waals surface area contributed by atoms with Crippen LogP contribution in [0.5, 0.6) is 0 Å². The lowest BCUT2D eigenvalue weighted by Gasteiger charge is -2.45. The van der Waals surface area contributed by atoms with Crippen LogP contribution in [-0.4, -0.2) is 45.5 Å². The van der Waals surface area contributed by atoms with Crippen molar-refractivity contribution in [2.75, 3.05) is 0 Å². The summed E-state index contributed by atoms with van der Waals surface area (Å²) < 4.78 is 25.6. The van der Waals surface area contributed by atoms with Crippen molar-refractivity contribution in [3.8, 4) is 0 Å². The second-order valence-electron chi connectivity index (χ2n) is 9.33. The Morgan fingerprint density at radius 2 is 1.16 bits per heavy atom. The number of ether oxygens (including phenoxy) is 1. The Kier molecular flexibility index (Phi) is 8.75. The molecule has 25 heavy (non-hydrogen) atoms. The number of hydrogen-bond acceptors (Lipinski definition) is 5. The molecule has 0 spiro atoms. The Bertz CT molecular complexity index is 434. The van der Waals surface area contributed by atoms with Crippen LogP contribution in [0.1, 0.15) is 20.3 Å². The van der Waals surface area contributed by atoms with Crippen LogP contribution in [0.15, 0.2) is 12.2 Å². The standard InChI is InChI=1S/C16H38O5Si4/c1-13-15(18-16(17)14(2)3)25(19-22(4,5)6,20-23(7,8)9)21-24(10,11)12/h15H,2,13H2,1,3-12H3. The highest BCUT2D eigenvalue weighted by Gasteiger charge is 2.57. The first kappa shape index (κ1) is 25.0. The molecule has 0 rings (SSSR count). The second kappa shape index (κ2) is 8.76. The van der Waals surface area contributed by atoms with Crippen LogP contribution >= 0.6 is 0 Å². The van der Waals surface area contributed by atoms with E-state index >= 15 is 0 Å². The number of carbonyl (C=O) groups is 1. The van der Waals surface area contributed by atoms with Crippen LogP contribution in [0.3, 0.4) is 0 Å². The lowest BCUT2D eigenvalue weighted by Crippen LogP contribution is -2.67. The van der Waals surface area contributed by atoms with E-state index < -0.39 is 45.5 Å². The molecule has 0 aromatic carbocycles. The van der Waals surface area contributed by atoms with E-state index in [9.17, 15) is 4.79 Å². The molecule has 0 aliphatic heterocycles. The Morgan fingerprint density at radius 3 is 1.36 bits per heavy atom. The Labute approximate surface area is 158 Å². The quantitative estimate of drug-likeness (QED) is 0.284. The summed E-state index contributed by atoms with van der Waals surface area (Å²) in [5, 5.41) is 0. The van der Waals surface area contributed by atoms with Gasteiger partial charge in [-0.25, -0.2) is 4.79 Å². The highest BCUT2D eigenvalue weighted by atomic mass is 28.5. The summed E-state index contributed by atoms with van der Waals surface area (Å²) in [6.45, 7) is 26.3. The number of hydrogen-bond donors (Lipinski definition) is 0. The van der Waals surface area contributed by atoms with Gasteiger partial charge in [0.2, 0.25) is 0 Å². The van der Waals surface area contributed by atoms with Gasteiger partial charge in [0.15, 0.2) is 30.7 Å². The van der Waals surface area contributed by atoms with E-state index in [2.05, 4.69) is 65.5 Å². The molecule has 0 amide bonds. The third kappa shape index (κ3) is 10.0. The zero-order valence-electron chi connectivity index (χ0n) is 18.0. The number of carbonyl (C=O) groups excluding carboxylic acids is 1. The smallest absolute Gasteiger partial charge is 0.455 e. The molecule has 0 bridgehead atoms. The minimum Gasteiger partial charge on any atom is -0.455 e. The molecule has 0 aromatic heterocycles. The molecule has 0 saturated carbocycles. The SMILES string of the molecule is C=C(C)C(=O)OC(CC)[Si](O[Si](C)(C)C)(O[Si](C)(C)C)O[Si](C)(C)C. The zero-order valence-corrected chi connectivity index (χ0v) is 22.0. The third-order valence-electron chi connectivity index (χ3n) is 2.71. The van der Waals surface area contributed by atoms with Crippen molar-refractivity contribution in [1.82, 2.24) is 0 Å². The van der Waals surface area contributed by atoms with Gasteiger partial charge in [-0.2, -0.15) is 0 Å². The molecule has 0 N–H and O–H groups in total. The summed E-state index contributed by atoms with van der Waals surface area (Å²) >= 11 is 0. The minimum absolute atomic E-state index is 0.371. The largest absolute Gasteiger partial charge is 0.512 e.